The molecular formula is C12H10O5. The fourth-order valence-electron chi connectivity index (χ4n) is 1.62. The molecule has 1 aliphatic rings. The molecule has 88 valence electrons. The van der Waals surface area contributed by atoms with Gasteiger partial charge in [0.1, 0.15) is 0 Å². The summed E-state index contributed by atoms with van der Waals surface area (Å²) in [5, 5.41) is 0. The van der Waals surface area contributed by atoms with Crippen molar-refractivity contribution in [2.75, 3.05) is 6.61 Å². The first-order chi connectivity index (χ1) is 8.11. The Hall–Kier alpha value is -2.17. The highest BCUT2D eigenvalue weighted by molar-refractivity contribution is 6.14. The number of ether oxygens (including phenoxy) is 2. The van der Waals surface area contributed by atoms with Crippen molar-refractivity contribution in [3.63, 3.8) is 0 Å². The topological polar surface area (TPSA) is 69.7 Å². The first-order valence-corrected chi connectivity index (χ1v) is 5.17. The van der Waals surface area contributed by atoms with Crippen LogP contribution >= 0.6 is 0 Å². The molecule has 1 heterocycles. The van der Waals surface area contributed by atoms with Crippen LogP contribution in [0.4, 0.5) is 0 Å². The van der Waals surface area contributed by atoms with Gasteiger partial charge in [-0.2, -0.15) is 0 Å². The van der Waals surface area contributed by atoms with E-state index in [1.807, 2.05) is 0 Å². The van der Waals surface area contributed by atoms with Crippen LogP contribution in [0, 0.1) is 0 Å². The number of cyclic esters (lactones) is 2. The van der Waals surface area contributed by atoms with E-state index in [-0.39, 0.29) is 23.5 Å². The highest BCUT2D eigenvalue weighted by Crippen LogP contribution is 2.21. The van der Waals surface area contributed by atoms with Crippen LogP contribution < -0.4 is 0 Å². The smallest absolute Gasteiger partial charge is 0.346 e. The minimum atomic E-state index is -0.671. The number of fused-ring (bicyclic) bond motifs is 1. The van der Waals surface area contributed by atoms with Crippen molar-refractivity contribution in [2.24, 2.45) is 0 Å². The SMILES string of the molecule is CCOC(=O)Cc1ccc2c(c1)C(=O)OC2=O. The molecule has 17 heavy (non-hydrogen) atoms. The van der Waals surface area contributed by atoms with Gasteiger partial charge in [-0.1, -0.05) is 6.07 Å². The minimum Gasteiger partial charge on any atom is -0.466 e. The molecule has 2 rings (SSSR count). The first kappa shape index (κ1) is 11.3. The van der Waals surface area contributed by atoms with Gasteiger partial charge in [-0.15, -0.1) is 0 Å². The Balaban J connectivity index is 2.23. The Morgan fingerprint density at radius 3 is 2.65 bits per heavy atom. The van der Waals surface area contributed by atoms with Crippen LogP contribution in [-0.4, -0.2) is 24.5 Å². The third kappa shape index (κ3) is 2.18. The Kier molecular flexibility index (Phi) is 2.91. The zero-order chi connectivity index (χ0) is 12.4. The second kappa shape index (κ2) is 4.37. The number of carbonyl (C=O) groups excluding carboxylic acids is 3. The van der Waals surface area contributed by atoms with E-state index >= 15 is 0 Å². The summed E-state index contributed by atoms with van der Waals surface area (Å²) in [6.07, 6.45) is 0.0720. The highest BCUT2D eigenvalue weighted by atomic mass is 16.6. The van der Waals surface area contributed by atoms with Crippen molar-refractivity contribution in [3.8, 4) is 0 Å². The number of hydrogen-bond acceptors (Lipinski definition) is 5. The molecule has 0 N–H and O–H groups in total. The number of benzene rings is 1. The van der Waals surface area contributed by atoms with Crippen molar-refractivity contribution >= 4 is 17.9 Å². The van der Waals surface area contributed by atoms with E-state index in [0.717, 1.165) is 0 Å². The highest BCUT2D eigenvalue weighted by Gasteiger charge is 2.29. The molecule has 0 aliphatic carbocycles. The van der Waals surface area contributed by atoms with E-state index < -0.39 is 11.9 Å². The molecule has 0 unspecified atom stereocenters. The monoisotopic (exact) mass is 234 g/mol. The summed E-state index contributed by atoms with van der Waals surface area (Å²) in [6.45, 7) is 2.03. The number of carbonyl (C=O) groups is 3. The van der Waals surface area contributed by atoms with Gasteiger partial charge < -0.3 is 9.47 Å². The average Bonchev–Trinajstić information content (AvgIpc) is 2.55. The van der Waals surface area contributed by atoms with Gasteiger partial charge in [-0.3, -0.25) is 4.79 Å². The van der Waals surface area contributed by atoms with Gasteiger partial charge in [0.2, 0.25) is 0 Å². The van der Waals surface area contributed by atoms with Crippen molar-refractivity contribution < 1.29 is 23.9 Å². The largest absolute Gasteiger partial charge is 0.466 e. The van der Waals surface area contributed by atoms with Crippen molar-refractivity contribution in [2.45, 2.75) is 13.3 Å². The van der Waals surface area contributed by atoms with Crippen molar-refractivity contribution in [1.29, 1.82) is 0 Å². The number of rotatable bonds is 3. The summed E-state index contributed by atoms with van der Waals surface area (Å²) in [6, 6.07) is 4.58. The summed E-state index contributed by atoms with van der Waals surface area (Å²) >= 11 is 0. The fraction of sp³-hybridized carbons (Fsp3) is 0.250. The standard InChI is InChI=1S/C12H10O5/c1-2-16-10(13)6-7-3-4-8-9(5-7)12(15)17-11(8)14/h3-5H,2,6H2,1H3. The maximum Gasteiger partial charge on any atom is 0.346 e. The molecule has 0 aromatic heterocycles. The molecule has 0 fully saturated rings. The lowest BCUT2D eigenvalue weighted by Gasteiger charge is -2.02. The number of esters is 3. The van der Waals surface area contributed by atoms with Gasteiger partial charge in [0, 0.05) is 0 Å². The lowest BCUT2D eigenvalue weighted by Crippen LogP contribution is -2.08. The molecule has 0 radical (unpaired) electrons. The Labute approximate surface area is 97.3 Å². The Morgan fingerprint density at radius 1 is 1.24 bits per heavy atom. The lowest BCUT2D eigenvalue weighted by molar-refractivity contribution is -0.142. The van der Waals surface area contributed by atoms with Crippen LogP contribution in [0.2, 0.25) is 0 Å². The van der Waals surface area contributed by atoms with Crippen LogP contribution in [0.3, 0.4) is 0 Å². The molecule has 1 aliphatic heterocycles. The van der Waals surface area contributed by atoms with E-state index in [9.17, 15) is 14.4 Å². The molecular weight excluding hydrogens is 224 g/mol. The maximum absolute atomic E-state index is 11.3. The third-order valence-electron chi connectivity index (χ3n) is 2.36. The minimum absolute atomic E-state index is 0.0720. The molecule has 5 nitrogen and oxygen atoms in total. The summed E-state index contributed by atoms with van der Waals surface area (Å²) in [5.74, 6) is -1.69. The predicted molar refractivity (Wildman–Crippen MR) is 56.5 cm³/mol. The summed E-state index contributed by atoms with van der Waals surface area (Å²) in [7, 11) is 0. The molecule has 0 saturated heterocycles. The van der Waals surface area contributed by atoms with Gasteiger partial charge >= 0.3 is 17.9 Å². The van der Waals surface area contributed by atoms with Gasteiger partial charge in [0.05, 0.1) is 24.2 Å². The van der Waals surface area contributed by atoms with Gasteiger partial charge in [-0.25, -0.2) is 9.59 Å². The van der Waals surface area contributed by atoms with E-state index in [1.54, 1.807) is 13.0 Å². The third-order valence-corrected chi connectivity index (χ3v) is 2.36. The van der Waals surface area contributed by atoms with Crippen LogP contribution in [0.1, 0.15) is 33.2 Å². The van der Waals surface area contributed by atoms with Crippen LogP contribution in [-0.2, 0) is 20.7 Å². The Bertz CT molecular complexity index is 504. The summed E-state index contributed by atoms with van der Waals surface area (Å²) in [4.78, 5) is 33.7. The average molecular weight is 234 g/mol. The van der Waals surface area contributed by atoms with E-state index in [0.29, 0.717) is 12.2 Å². The molecule has 0 bridgehead atoms. The van der Waals surface area contributed by atoms with Gasteiger partial charge in [-0.05, 0) is 24.6 Å². The van der Waals surface area contributed by atoms with Crippen molar-refractivity contribution in [1.82, 2.24) is 0 Å². The second-order valence-corrected chi connectivity index (χ2v) is 3.54. The van der Waals surface area contributed by atoms with Gasteiger partial charge in [0.25, 0.3) is 0 Å². The van der Waals surface area contributed by atoms with E-state index in [1.165, 1.54) is 12.1 Å². The number of hydrogen-bond donors (Lipinski definition) is 0. The van der Waals surface area contributed by atoms with Crippen molar-refractivity contribution in [3.05, 3.63) is 34.9 Å². The second-order valence-electron chi connectivity index (χ2n) is 3.54. The fourth-order valence-corrected chi connectivity index (χ4v) is 1.62. The molecule has 1 aromatic carbocycles. The quantitative estimate of drug-likeness (QED) is 0.578. The molecule has 5 heteroatoms. The van der Waals surface area contributed by atoms with Crippen LogP contribution in [0.15, 0.2) is 18.2 Å². The lowest BCUT2D eigenvalue weighted by atomic mass is 10.0. The maximum atomic E-state index is 11.3. The van der Waals surface area contributed by atoms with E-state index in [2.05, 4.69) is 4.74 Å². The van der Waals surface area contributed by atoms with Crippen LogP contribution in [0.5, 0.6) is 0 Å². The summed E-state index contributed by atoms with van der Waals surface area (Å²) < 4.78 is 9.24. The summed E-state index contributed by atoms with van der Waals surface area (Å²) in [5.41, 5.74) is 1.06. The molecule has 0 amide bonds. The molecule has 0 saturated carbocycles. The molecule has 1 aromatic rings. The molecule has 0 atom stereocenters. The van der Waals surface area contributed by atoms with E-state index in [4.69, 9.17) is 4.74 Å². The Morgan fingerprint density at radius 2 is 1.94 bits per heavy atom. The normalized spacial score (nSPS) is 13.2. The molecule has 0 spiro atoms. The predicted octanol–water partition coefficient (Wildman–Crippen LogP) is 1.10. The zero-order valence-corrected chi connectivity index (χ0v) is 9.19. The first-order valence-electron chi connectivity index (χ1n) is 5.17. The van der Waals surface area contributed by atoms with Crippen LogP contribution in [0.25, 0.3) is 0 Å². The zero-order valence-electron chi connectivity index (χ0n) is 9.19. The van der Waals surface area contributed by atoms with Gasteiger partial charge in [0.15, 0.2) is 0 Å².